The number of nitrogens with zero attached hydrogens (tertiary/aromatic N) is 3. The molecule has 0 aliphatic heterocycles. The molecule has 0 saturated heterocycles. The van der Waals surface area contributed by atoms with Crippen molar-refractivity contribution in [2.75, 3.05) is 6.61 Å². The summed E-state index contributed by atoms with van der Waals surface area (Å²) in [6.07, 6.45) is 5.15. The van der Waals surface area contributed by atoms with Crippen LogP contribution in [0, 0.1) is 11.3 Å². The zero-order chi connectivity index (χ0) is 13.5. The summed E-state index contributed by atoms with van der Waals surface area (Å²) in [6, 6.07) is 9.78. The molecule has 0 unspecified atom stereocenters. The Morgan fingerprint density at radius 2 is 2.11 bits per heavy atom. The second kappa shape index (κ2) is 6.60. The highest BCUT2D eigenvalue weighted by atomic mass is 16.5. The lowest BCUT2D eigenvalue weighted by atomic mass is 10.2. The molecular weight excluding hydrogens is 238 g/mol. The molecular formula is C15H17N3O. The Hall–Kier alpha value is -2.28. The number of nitriles is 1. The van der Waals surface area contributed by atoms with E-state index in [1.165, 1.54) is 0 Å². The Bertz CT molecular complexity index is 552. The zero-order valence-corrected chi connectivity index (χ0v) is 11.0. The minimum absolute atomic E-state index is 0.440. The van der Waals surface area contributed by atoms with E-state index in [1.807, 2.05) is 36.7 Å². The summed E-state index contributed by atoms with van der Waals surface area (Å²) in [7, 11) is 0. The first-order valence-electron chi connectivity index (χ1n) is 6.42. The third-order valence-corrected chi connectivity index (χ3v) is 2.93. The molecule has 1 heterocycles. The number of hydrogen-bond acceptors (Lipinski definition) is 3. The number of benzene rings is 1. The Morgan fingerprint density at radius 3 is 2.79 bits per heavy atom. The van der Waals surface area contributed by atoms with Crippen molar-refractivity contribution in [2.45, 2.75) is 26.3 Å². The minimum Gasteiger partial charge on any atom is -0.492 e. The number of imidazole rings is 1. The number of rotatable bonds is 6. The monoisotopic (exact) mass is 255 g/mol. The van der Waals surface area contributed by atoms with E-state index in [0.29, 0.717) is 13.0 Å². The van der Waals surface area contributed by atoms with E-state index >= 15 is 0 Å². The molecule has 0 bridgehead atoms. The van der Waals surface area contributed by atoms with E-state index in [-0.39, 0.29) is 0 Å². The lowest BCUT2D eigenvalue weighted by Crippen LogP contribution is -2.10. The van der Waals surface area contributed by atoms with Gasteiger partial charge in [0.15, 0.2) is 0 Å². The molecule has 1 aromatic heterocycles. The molecule has 0 fully saturated rings. The molecule has 0 atom stereocenters. The molecule has 1 aromatic carbocycles. The van der Waals surface area contributed by atoms with E-state index in [9.17, 15) is 0 Å². The molecule has 0 saturated carbocycles. The summed E-state index contributed by atoms with van der Waals surface area (Å²) < 4.78 is 7.78. The van der Waals surface area contributed by atoms with E-state index in [4.69, 9.17) is 10.00 Å². The fraction of sp³-hybridized carbons (Fsp3) is 0.333. The first-order valence-corrected chi connectivity index (χ1v) is 6.42. The quantitative estimate of drug-likeness (QED) is 0.797. The minimum atomic E-state index is 0.440. The molecule has 0 aliphatic rings. The first kappa shape index (κ1) is 13.2. The SMILES string of the molecule is CCc1nccn1CCOc1ccc(CC#N)cc1. The molecule has 0 aliphatic carbocycles. The average molecular weight is 255 g/mol. The number of aromatic nitrogens is 2. The topological polar surface area (TPSA) is 50.8 Å². The second-order valence-corrected chi connectivity index (χ2v) is 4.22. The molecule has 0 spiro atoms. The molecule has 4 heteroatoms. The largest absolute Gasteiger partial charge is 0.492 e. The molecule has 2 aromatic rings. The van der Waals surface area contributed by atoms with Gasteiger partial charge >= 0.3 is 0 Å². The average Bonchev–Trinajstić information content (AvgIpc) is 2.88. The third kappa shape index (κ3) is 3.59. The van der Waals surface area contributed by atoms with Gasteiger partial charge in [-0.3, -0.25) is 0 Å². The second-order valence-electron chi connectivity index (χ2n) is 4.22. The maximum atomic E-state index is 8.60. The summed E-state index contributed by atoms with van der Waals surface area (Å²) in [5.74, 6) is 1.91. The van der Waals surface area contributed by atoms with Crippen LogP contribution in [0.3, 0.4) is 0 Å². The Morgan fingerprint density at radius 1 is 1.32 bits per heavy atom. The van der Waals surface area contributed by atoms with Gasteiger partial charge in [-0.1, -0.05) is 19.1 Å². The smallest absolute Gasteiger partial charge is 0.119 e. The van der Waals surface area contributed by atoms with Gasteiger partial charge in [0, 0.05) is 18.8 Å². The molecule has 2 rings (SSSR count). The summed E-state index contributed by atoms with van der Waals surface area (Å²) in [6.45, 7) is 3.50. The van der Waals surface area contributed by atoms with Gasteiger partial charge in [-0.25, -0.2) is 4.98 Å². The van der Waals surface area contributed by atoms with Gasteiger partial charge in [-0.05, 0) is 17.7 Å². The number of aryl methyl sites for hydroxylation is 1. The zero-order valence-electron chi connectivity index (χ0n) is 11.0. The van der Waals surface area contributed by atoms with Crippen LogP contribution in [0.2, 0.25) is 0 Å². The Balaban J connectivity index is 1.84. The predicted molar refractivity (Wildman–Crippen MR) is 72.9 cm³/mol. The lowest BCUT2D eigenvalue weighted by Gasteiger charge is -2.09. The predicted octanol–water partition coefficient (Wildman–Crippen LogP) is 2.59. The van der Waals surface area contributed by atoms with E-state index in [2.05, 4.69) is 22.5 Å². The van der Waals surface area contributed by atoms with Gasteiger partial charge in [0.25, 0.3) is 0 Å². The fourth-order valence-electron chi connectivity index (χ4n) is 1.91. The summed E-state index contributed by atoms with van der Waals surface area (Å²) in [5, 5.41) is 8.60. The van der Waals surface area contributed by atoms with Crippen molar-refractivity contribution < 1.29 is 4.74 Å². The van der Waals surface area contributed by atoms with Crippen molar-refractivity contribution in [3.63, 3.8) is 0 Å². The summed E-state index contributed by atoms with van der Waals surface area (Å²) in [4.78, 5) is 4.27. The fourth-order valence-corrected chi connectivity index (χ4v) is 1.91. The molecule has 0 N–H and O–H groups in total. The third-order valence-electron chi connectivity index (χ3n) is 2.93. The maximum Gasteiger partial charge on any atom is 0.119 e. The van der Waals surface area contributed by atoms with Gasteiger partial charge in [0.2, 0.25) is 0 Å². The van der Waals surface area contributed by atoms with Gasteiger partial charge in [-0.2, -0.15) is 5.26 Å². The van der Waals surface area contributed by atoms with Crippen molar-refractivity contribution in [3.05, 3.63) is 48.0 Å². The highest BCUT2D eigenvalue weighted by molar-refractivity contribution is 5.28. The van der Waals surface area contributed by atoms with Crippen LogP contribution in [0.15, 0.2) is 36.7 Å². The van der Waals surface area contributed by atoms with Crippen molar-refractivity contribution >= 4 is 0 Å². The van der Waals surface area contributed by atoms with Crippen LogP contribution in [-0.2, 0) is 19.4 Å². The Labute approximate surface area is 113 Å². The van der Waals surface area contributed by atoms with Gasteiger partial charge in [0.1, 0.15) is 18.2 Å². The standard InChI is InChI=1S/C15H17N3O/c1-2-15-17-9-10-18(15)11-12-19-14-5-3-13(4-6-14)7-8-16/h3-6,9-10H,2,7,11-12H2,1H3. The van der Waals surface area contributed by atoms with Crippen molar-refractivity contribution in [3.8, 4) is 11.8 Å². The molecule has 0 radical (unpaired) electrons. The van der Waals surface area contributed by atoms with E-state index < -0.39 is 0 Å². The molecule has 19 heavy (non-hydrogen) atoms. The normalized spacial score (nSPS) is 10.1. The van der Waals surface area contributed by atoms with Gasteiger partial charge < -0.3 is 9.30 Å². The lowest BCUT2D eigenvalue weighted by molar-refractivity contribution is 0.296. The summed E-state index contributed by atoms with van der Waals surface area (Å²) >= 11 is 0. The van der Waals surface area contributed by atoms with Crippen LogP contribution in [0.4, 0.5) is 0 Å². The van der Waals surface area contributed by atoms with E-state index in [0.717, 1.165) is 30.1 Å². The van der Waals surface area contributed by atoms with E-state index in [1.54, 1.807) is 0 Å². The number of ether oxygens (including phenoxy) is 1. The summed E-state index contributed by atoms with van der Waals surface area (Å²) in [5.41, 5.74) is 1.01. The van der Waals surface area contributed by atoms with Crippen molar-refractivity contribution in [1.82, 2.24) is 9.55 Å². The van der Waals surface area contributed by atoms with Crippen LogP contribution in [-0.4, -0.2) is 16.2 Å². The first-order chi connectivity index (χ1) is 9.33. The highest BCUT2D eigenvalue weighted by Gasteiger charge is 2.00. The molecule has 98 valence electrons. The maximum absolute atomic E-state index is 8.60. The van der Waals surface area contributed by atoms with Crippen molar-refractivity contribution in [1.29, 1.82) is 5.26 Å². The van der Waals surface area contributed by atoms with Crippen LogP contribution >= 0.6 is 0 Å². The molecule has 4 nitrogen and oxygen atoms in total. The van der Waals surface area contributed by atoms with Gasteiger partial charge in [0.05, 0.1) is 19.0 Å². The van der Waals surface area contributed by atoms with Crippen LogP contribution in [0.1, 0.15) is 18.3 Å². The van der Waals surface area contributed by atoms with Crippen LogP contribution in [0.25, 0.3) is 0 Å². The van der Waals surface area contributed by atoms with Crippen LogP contribution in [0.5, 0.6) is 5.75 Å². The van der Waals surface area contributed by atoms with Crippen LogP contribution < -0.4 is 4.74 Å². The van der Waals surface area contributed by atoms with Crippen molar-refractivity contribution in [2.24, 2.45) is 0 Å². The number of hydrogen-bond donors (Lipinski definition) is 0. The Kier molecular flexibility index (Phi) is 4.57. The molecule has 0 amide bonds. The van der Waals surface area contributed by atoms with Gasteiger partial charge in [-0.15, -0.1) is 0 Å². The highest BCUT2D eigenvalue weighted by Crippen LogP contribution is 2.12.